The van der Waals surface area contributed by atoms with Gasteiger partial charge in [0.2, 0.25) is 0 Å². The molecule has 0 saturated carbocycles. The Labute approximate surface area is 129 Å². The van der Waals surface area contributed by atoms with Gasteiger partial charge in [-0.1, -0.05) is 30.3 Å². The standard InChI is InChI=1S/C15H20N4O3/c20-19(21)14(15-16-6-7-17-15)13(12-4-2-1-3-5-12)18-8-10-22-11-9-18/h1-5,13,16-17H,6-11H2. The van der Waals surface area contributed by atoms with E-state index in [0.29, 0.717) is 45.2 Å². The van der Waals surface area contributed by atoms with Gasteiger partial charge in [-0.25, -0.2) is 0 Å². The summed E-state index contributed by atoms with van der Waals surface area (Å²) < 4.78 is 5.39. The van der Waals surface area contributed by atoms with Crippen LogP contribution in [0.3, 0.4) is 0 Å². The van der Waals surface area contributed by atoms with Gasteiger partial charge in [0.25, 0.3) is 0 Å². The molecule has 2 N–H and O–H groups in total. The number of morpholine rings is 1. The van der Waals surface area contributed by atoms with E-state index in [1.165, 1.54) is 0 Å². The molecule has 2 aliphatic heterocycles. The Kier molecular flexibility index (Phi) is 4.55. The lowest BCUT2D eigenvalue weighted by Gasteiger charge is -2.33. The van der Waals surface area contributed by atoms with Crippen molar-refractivity contribution in [2.24, 2.45) is 0 Å². The summed E-state index contributed by atoms with van der Waals surface area (Å²) in [6.45, 7) is 3.98. The van der Waals surface area contributed by atoms with Gasteiger partial charge in [0, 0.05) is 26.2 Å². The smallest absolute Gasteiger partial charge is 0.307 e. The lowest BCUT2D eigenvalue weighted by Crippen LogP contribution is -2.42. The molecule has 22 heavy (non-hydrogen) atoms. The van der Waals surface area contributed by atoms with Crippen LogP contribution >= 0.6 is 0 Å². The summed E-state index contributed by atoms with van der Waals surface area (Å²) in [7, 11) is 0. The van der Waals surface area contributed by atoms with Gasteiger partial charge in [-0.15, -0.1) is 0 Å². The topological polar surface area (TPSA) is 79.7 Å². The molecule has 7 heteroatoms. The normalized spacial score (nSPS) is 20.1. The van der Waals surface area contributed by atoms with Crippen molar-refractivity contribution in [3.63, 3.8) is 0 Å². The van der Waals surface area contributed by atoms with Crippen molar-refractivity contribution < 1.29 is 9.66 Å². The Bertz CT molecular complexity index is 547. The third-order valence-corrected chi connectivity index (χ3v) is 3.97. The fourth-order valence-corrected chi connectivity index (χ4v) is 2.96. The van der Waals surface area contributed by atoms with Gasteiger partial charge in [0.15, 0.2) is 5.82 Å². The summed E-state index contributed by atoms with van der Waals surface area (Å²) in [5, 5.41) is 17.9. The molecule has 0 aromatic heterocycles. The molecular weight excluding hydrogens is 284 g/mol. The second kappa shape index (κ2) is 6.76. The molecule has 2 heterocycles. The van der Waals surface area contributed by atoms with Crippen molar-refractivity contribution in [3.8, 4) is 0 Å². The zero-order valence-electron chi connectivity index (χ0n) is 12.3. The molecule has 0 bridgehead atoms. The molecule has 1 atom stereocenters. The maximum absolute atomic E-state index is 11.8. The molecule has 118 valence electrons. The third-order valence-electron chi connectivity index (χ3n) is 3.97. The van der Waals surface area contributed by atoms with Crippen molar-refractivity contribution in [2.75, 3.05) is 39.4 Å². The lowest BCUT2D eigenvalue weighted by molar-refractivity contribution is -0.436. The molecule has 0 aliphatic carbocycles. The van der Waals surface area contributed by atoms with Crippen molar-refractivity contribution in [1.82, 2.24) is 15.5 Å². The van der Waals surface area contributed by atoms with Crippen LogP contribution in [0, 0.1) is 10.1 Å². The van der Waals surface area contributed by atoms with Gasteiger partial charge >= 0.3 is 5.70 Å². The highest BCUT2D eigenvalue weighted by atomic mass is 16.6. The highest BCUT2D eigenvalue weighted by Gasteiger charge is 2.37. The van der Waals surface area contributed by atoms with Crippen LogP contribution in [-0.4, -0.2) is 49.2 Å². The second-order valence-electron chi connectivity index (χ2n) is 5.33. The van der Waals surface area contributed by atoms with Crippen LogP contribution in [0.1, 0.15) is 11.6 Å². The van der Waals surface area contributed by atoms with Gasteiger partial charge in [-0.05, 0) is 5.56 Å². The highest BCUT2D eigenvalue weighted by molar-refractivity contribution is 5.28. The van der Waals surface area contributed by atoms with Crippen LogP contribution in [0.25, 0.3) is 0 Å². The number of nitrogens with one attached hydrogen (secondary N) is 2. The van der Waals surface area contributed by atoms with Crippen LogP contribution in [0.2, 0.25) is 0 Å². The molecule has 3 rings (SSSR count). The number of benzene rings is 1. The summed E-state index contributed by atoms with van der Waals surface area (Å²) in [5.41, 5.74) is 1.12. The Hall–Kier alpha value is -2.12. The first kappa shape index (κ1) is 14.8. The molecule has 2 saturated heterocycles. The van der Waals surface area contributed by atoms with E-state index in [-0.39, 0.29) is 16.7 Å². The Morgan fingerprint density at radius 3 is 2.41 bits per heavy atom. The first-order valence-corrected chi connectivity index (χ1v) is 7.50. The Balaban J connectivity index is 2.03. The quantitative estimate of drug-likeness (QED) is 0.629. The summed E-state index contributed by atoms with van der Waals surface area (Å²) in [6, 6.07) is 9.26. The molecule has 1 unspecified atom stereocenters. The second-order valence-corrected chi connectivity index (χ2v) is 5.33. The Morgan fingerprint density at radius 2 is 1.82 bits per heavy atom. The van der Waals surface area contributed by atoms with Crippen molar-refractivity contribution in [1.29, 1.82) is 0 Å². The first-order chi connectivity index (χ1) is 10.8. The van der Waals surface area contributed by atoms with Crippen LogP contribution < -0.4 is 10.6 Å². The highest BCUT2D eigenvalue weighted by Crippen LogP contribution is 2.31. The van der Waals surface area contributed by atoms with E-state index in [4.69, 9.17) is 4.74 Å². The van der Waals surface area contributed by atoms with Crippen LogP contribution in [0.4, 0.5) is 0 Å². The van der Waals surface area contributed by atoms with Gasteiger partial charge in [-0.2, -0.15) is 0 Å². The lowest BCUT2D eigenvalue weighted by atomic mass is 10.0. The number of nitro groups is 1. The zero-order valence-corrected chi connectivity index (χ0v) is 12.3. The van der Waals surface area contributed by atoms with Gasteiger partial charge in [-0.3, -0.25) is 15.0 Å². The predicted molar refractivity (Wildman–Crippen MR) is 81.6 cm³/mol. The maximum Gasteiger partial charge on any atom is 0.307 e. The minimum atomic E-state index is -0.381. The van der Waals surface area contributed by atoms with Crippen LogP contribution in [-0.2, 0) is 4.74 Å². The molecule has 2 fully saturated rings. The van der Waals surface area contributed by atoms with Crippen LogP contribution in [0.15, 0.2) is 41.8 Å². The molecule has 7 nitrogen and oxygen atoms in total. The number of ether oxygens (including phenoxy) is 1. The van der Waals surface area contributed by atoms with Gasteiger partial charge < -0.3 is 15.4 Å². The summed E-state index contributed by atoms with van der Waals surface area (Å²) >= 11 is 0. The zero-order chi connectivity index (χ0) is 15.4. The van der Waals surface area contributed by atoms with Gasteiger partial charge in [0.05, 0.1) is 18.1 Å². The molecule has 2 aliphatic rings. The average Bonchev–Trinajstić information content (AvgIpc) is 3.07. The van der Waals surface area contributed by atoms with E-state index in [1.807, 2.05) is 30.3 Å². The third kappa shape index (κ3) is 3.05. The van der Waals surface area contributed by atoms with E-state index in [1.54, 1.807) is 0 Å². The molecule has 0 spiro atoms. The fraction of sp³-hybridized carbons (Fsp3) is 0.467. The minimum Gasteiger partial charge on any atom is -0.379 e. The average molecular weight is 304 g/mol. The fourth-order valence-electron chi connectivity index (χ4n) is 2.96. The summed E-state index contributed by atoms with van der Waals surface area (Å²) in [5.74, 6) is 0.533. The van der Waals surface area contributed by atoms with E-state index in [0.717, 1.165) is 5.56 Å². The summed E-state index contributed by atoms with van der Waals surface area (Å²) in [6.07, 6.45) is 0. The largest absolute Gasteiger partial charge is 0.379 e. The molecule has 1 aromatic carbocycles. The number of hydrogen-bond acceptors (Lipinski definition) is 6. The Morgan fingerprint density at radius 1 is 1.18 bits per heavy atom. The van der Waals surface area contributed by atoms with Crippen molar-refractivity contribution in [3.05, 3.63) is 57.5 Å². The van der Waals surface area contributed by atoms with Crippen LogP contribution in [0.5, 0.6) is 0 Å². The number of hydrogen-bond donors (Lipinski definition) is 2. The van der Waals surface area contributed by atoms with E-state index in [9.17, 15) is 10.1 Å². The molecular formula is C15H20N4O3. The molecule has 0 amide bonds. The van der Waals surface area contributed by atoms with Crippen molar-refractivity contribution in [2.45, 2.75) is 6.04 Å². The summed E-state index contributed by atoms with van der Waals surface area (Å²) in [4.78, 5) is 13.6. The number of nitrogens with zero attached hydrogens (tertiary/aromatic N) is 2. The molecule has 1 aromatic rings. The van der Waals surface area contributed by atoms with Crippen molar-refractivity contribution >= 4 is 0 Å². The van der Waals surface area contributed by atoms with Gasteiger partial charge in [0.1, 0.15) is 6.04 Å². The van der Waals surface area contributed by atoms with E-state index < -0.39 is 0 Å². The first-order valence-electron chi connectivity index (χ1n) is 7.50. The minimum absolute atomic E-state index is 0.186. The predicted octanol–water partition coefficient (Wildman–Crippen LogP) is 0.698. The monoisotopic (exact) mass is 304 g/mol. The van der Waals surface area contributed by atoms with E-state index in [2.05, 4.69) is 15.5 Å². The maximum atomic E-state index is 11.8. The SMILES string of the molecule is O=[N+]([O-])C(=C1NCCN1)C(c1ccccc1)N1CCOCC1. The molecule has 0 radical (unpaired) electrons. The van der Waals surface area contributed by atoms with E-state index >= 15 is 0 Å². The number of rotatable bonds is 4.